The van der Waals surface area contributed by atoms with Crippen molar-refractivity contribution in [1.29, 1.82) is 0 Å². The van der Waals surface area contributed by atoms with E-state index < -0.39 is 28.7 Å². The maximum atomic E-state index is 15.0. The van der Waals surface area contributed by atoms with Gasteiger partial charge in [0.15, 0.2) is 0 Å². The van der Waals surface area contributed by atoms with E-state index >= 15 is 0 Å². The predicted molar refractivity (Wildman–Crippen MR) is 169 cm³/mol. The van der Waals surface area contributed by atoms with Crippen molar-refractivity contribution in [2.45, 2.75) is 88.8 Å². The zero-order valence-corrected chi connectivity index (χ0v) is 26.7. The zero-order chi connectivity index (χ0) is 30.8. The lowest BCUT2D eigenvalue weighted by molar-refractivity contribution is -0.155. The molecule has 2 amide bonds. The van der Waals surface area contributed by atoms with Crippen molar-refractivity contribution in [3.05, 3.63) is 54.6 Å². The number of fused-ring (bicyclic) bond motifs is 1. The number of carbonyl (C=O) groups excluding carboxylic acids is 3. The van der Waals surface area contributed by atoms with Crippen LogP contribution in [0, 0.1) is 37.5 Å². The average molecular weight is 597 g/mol. The Balaban J connectivity index is 1.79. The molecule has 0 aromatic heterocycles. The monoisotopic (exact) mass is 596 g/mol. The van der Waals surface area contributed by atoms with Crippen molar-refractivity contribution in [1.82, 2.24) is 4.90 Å². The number of esters is 1. The molecule has 7 nitrogen and oxygen atoms in total. The van der Waals surface area contributed by atoms with E-state index in [4.69, 9.17) is 4.74 Å². The normalized spacial score (nSPS) is 28.6. The van der Waals surface area contributed by atoms with Gasteiger partial charge in [-0.15, -0.1) is 24.9 Å². The third-order valence-corrected chi connectivity index (χ3v) is 11.4. The number of anilines is 1. The summed E-state index contributed by atoms with van der Waals surface area (Å²) in [5.41, 5.74) is 2.75. The van der Waals surface area contributed by atoms with Crippen LogP contribution in [0.3, 0.4) is 0 Å². The van der Waals surface area contributed by atoms with Gasteiger partial charge >= 0.3 is 5.97 Å². The summed E-state index contributed by atoms with van der Waals surface area (Å²) in [5, 5.41) is 10.5. The van der Waals surface area contributed by atoms with Gasteiger partial charge < -0.3 is 19.6 Å². The number of thioether (sulfide) groups is 1. The van der Waals surface area contributed by atoms with Gasteiger partial charge in [-0.3, -0.25) is 14.4 Å². The predicted octanol–water partition coefficient (Wildman–Crippen LogP) is 5.47. The minimum Gasteiger partial charge on any atom is -0.465 e. The fourth-order valence-corrected chi connectivity index (χ4v) is 10.1. The van der Waals surface area contributed by atoms with Gasteiger partial charge in [0, 0.05) is 17.5 Å². The van der Waals surface area contributed by atoms with Crippen LogP contribution in [0.25, 0.3) is 0 Å². The van der Waals surface area contributed by atoms with Gasteiger partial charge in [-0.25, -0.2) is 0 Å². The Labute approximate surface area is 255 Å². The molecule has 3 heterocycles. The van der Waals surface area contributed by atoms with Crippen LogP contribution in [0.5, 0.6) is 0 Å². The third kappa shape index (κ3) is 5.57. The number of aryl methyl sites for hydroxylation is 2. The average Bonchev–Trinajstić information content (AvgIpc) is 3.54. The van der Waals surface area contributed by atoms with Crippen LogP contribution in [0.1, 0.15) is 64.0 Å². The molecule has 3 saturated heterocycles. The van der Waals surface area contributed by atoms with Crippen LogP contribution in [-0.4, -0.2) is 69.6 Å². The van der Waals surface area contributed by atoms with Gasteiger partial charge in [-0.1, -0.05) is 51.1 Å². The minimum absolute atomic E-state index is 0.0268. The summed E-state index contributed by atoms with van der Waals surface area (Å²) in [6, 6.07) is 4.59. The van der Waals surface area contributed by atoms with E-state index in [1.165, 1.54) is 0 Å². The smallest absolute Gasteiger partial charge is 0.310 e. The van der Waals surface area contributed by atoms with Gasteiger partial charge in [0.25, 0.3) is 5.91 Å². The minimum atomic E-state index is -0.819. The number of benzene rings is 1. The summed E-state index contributed by atoms with van der Waals surface area (Å²) in [5.74, 6) is -1.77. The molecule has 0 saturated carbocycles. The van der Waals surface area contributed by atoms with Gasteiger partial charge in [0.1, 0.15) is 6.04 Å². The molecule has 230 valence electrons. The quantitative estimate of drug-likeness (QED) is 0.174. The number of likely N-dealkylation sites (tertiary alicyclic amines) is 1. The summed E-state index contributed by atoms with van der Waals surface area (Å²) in [7, 11) is 0. The molecular weight excluding hydrogens is 548 g/mol. The molecule has 4 rings (SSSR count). The molecule has 1 aromatic carbocycles. The van der Waals surface area contributed by atoms with Crippen LogP contribution < -0.4 is 4.90 Å². The van der Waals surface area contributed by atoms with E-state index in [2.05, 4.69) is 33.9 Å². The number of rotatable bonds is 14. The number of carbonyl (C=O) groups is 3. The van der Waals surface area contributed by atoms with E-state index in [9.17, 15) is 19.5 Å². The number of unbranched alkanes of at least 4 members (excludes halogenated alkanes) is 2. The summed E-state index contributed by atoms with van der Waals surface area (Å²) < 4.78 is 4.98. The summed E-state index contributed by atoms with van der Waals surface area (Å²) in [6.07, 6.45) is 7.35. The van der Waals surface area contributed by atoms with Crippen LogP contribution in [-0.2, 0) is 19.1 Å². The van der Waals surface area contributed by atoms with Crippen molar-refractivity contribution in [2.75, 3.05) is 24.7 Å². The molecule has 1 N–H and O–H groups in total. The molecule has 1 spiro atoms. The maximum absolute atomic E-state index is 15.0. The Morgan fingerprint density at radius 3 is 2.50 bits per heavy atom. The molecule has 7 atom stereocenters. The van der Waals surface area contributed by atoms with Crippen molar-refractivity contribution in [3.63, 3.8) is 0 Å². The fourth-order valence-electron chi connectivity index (χ4n) is 7.68. The highest BCUT2D eigenvalue weighted by atomic mass is 32.2. The first kappa shape index (κ1) is 32.3. The number of para-hydroxylation sites is 1. The standard InChI is InChI=1S/C34H48N2O5S/c1-8-10-11-12-17-41-33(40)27-26-19-24(7)34(42-26)28(27)31(38)36(25(20-37)18-21(3)4)30(34)32(39)35(16-9-2)29-22(5)14-13-15-23(29)6/h8-9,13-15,21,24-28,30,37H,1-2,10-12,16-20H2,3-7H3/t24?,25-,26-,27+,28+,30?,34?/m1/s1. The first-order valence-corrected chi connectivity index (χ1v) is 16.3. The molecule has 3 unspecified atom stereocenters. The Morgan fingerprint density at radius 1 is 1.21 bits per heavy atom. The van der Waals surface area contributed by atoms with Crippen molar-refractivity contribution in [2.24, 2.45) is 23.7 Å². The number of hydrogen-bond donors (Lipinski definition) is 1. The molecule has 0 aliphatic carbocycles. The number of hydrogen-bond acceptors (Lipinski definition) is 6. The van der Waals surface area contributed by atoms with Crippen LogP contribution in [0.4, 0.5) is 5.69 Å². The molecule has 3 aliphatic heterocycles. The topological polar surface area (TPSA) is 87.1 Å². The largest absolute Gasteiger partial charge is 0.465 e. The summed E-state index contributed by atoms with van der Waals surface area (Å²) in [6.45, 7) is 18.2. The molecule has 3 aliphatic rings. The molecule has 42 heavy (non-hydrogen) atoms. The molecule has 8 heteroatoms. The van der Waals surface area contributed by atoms with Gasteiger partial charge in [-0.05, 0) is 68.9 Å². The van der Waals surface area contributed by atoms with Gasteiger partial charge in [0.2, 0.25) is 5.91 Å². The van der Waals surface area contributed by atoms with E-state index in [0.29, 0.717) is 13.0 Å². The Bertz CT molecular complexity index is 1180. The van der Waals surface area contributed by atoms with Crippen LogP contribution in [0.2, 0.25) is 0 Å². The Hall–Kier alpha value is -2.58. The van der Waals surface area contributed by atoms with Crippen molar-refractivity contribution < 1.29 is 24.2 Å². The van der Waals surface area contributed by atoms with Crippen molar-refractivity contribution >= 4 is 35.2 Å². The molecule has 1 aromatic rings. The molecule has 0 radical (unpaired) electrons. The Morgan fingerprint density at radius 2 is 1.90 bits per heavy atom. The summed E-state index contributed by atoms with van der Waals surface area (Å²) >= 11 is 1.64. The fraction of sp³-hybridized carbons (Fsp3) is 0.618. The van der Waals surface area contributed by atoms with Crippen LogP contribution in [0.15, 0.2) is 43.5 Å². The van der Waals surface area contributed by atoms with E-state index in [1.54, 1.807) is 27.6 Å². The lowest BCUT2D eigenvalue weighted by Crippen LogP contribution is -2.59. The first-order valence-electron chi connectivity index (χ1n) is 15.4. The lowest BCUT2D eigenvalue weighted by atomic mass is 9.66. The summed E-state index contributed by atoms with van der Waals surface area (Å²) in [4.78, 5) is 46.6. The second kappa shape index (κ2) is 13.4. The highest BCUT2D eigenvalue weighted by Crippen LogP contribution is 2.69. The number of amides is 2. The van der Waals surface area contributed by atoms with Crippen molar-refractivity contribution in [3.8, 4) is 0 Å². The SMILES string of the molecule is C=CCCCCOC(=O)[C@@H]1[C@H]2C(=O)N([C@@H](CO)CC(C)C)C(C(=O)N(CC=C)c3c(C)cccc3C)C23S[C@@H]1CC3C. The third-order valence-electron chi connectivity index (χ3n) is 9.37. The van der Waals surface area contributed by atoms with E-state index in [0.717, 1.165) is 42.5 Å². The second-order valence-corrected chi connectivity index (χ2v) is 14.2. The van der Waals surface area contributed by atoms with E-state index in [-0.39, 0.29) is 48.0 Å². The van der Waals surface area contributed by atoms with Crippen LogP contribution >= 0.6 is 11.8 Å². The highest BCUT2D eigenvalue weighted by Gasteiger charge is 2.77. The van der Waals surface area contributed by atoms with Gasteiger partial charge in [-0.2, -0.15) is 0 Å². The first-order chi connectivity index (χ1) is 20.0. The lowest BCUT2D eigenvalue weighted by Gasteiger charge is -2.42. The number of aliphatic hydroxyl groups excluding tert-OH is 1. The molecule has 2 bridgehead atoms. The highest BCUT2D eigenvalue weighted by molar-refractivity contribution is 8.02. The zero-order valence-electron chi connectivity index (χ0n) is 25.9. The number of ether oxygens (including phenoxy) is 1. The number of allylic oxidation sites excluding steroid dienone is 1. The number of aliphatic hydroxyl groups is 1. The van der Waals surface area contributed by atoms with E-state index in [1.807, 2.05) is 38.1 Å². The Kier molecular flexibility index (Phi) is 10.3. The number of nitrogens with zero attached hydrogens (tertiary/aromatic N) is 2. The molecular formula is C34H48N2O5S. The van der Waals surface area contributed by atoms with Gasteiger partial charge in [0.05, 0.1) is 35.8 Å². The molecule has 3 fully saturated rings. The maximum Gasteiger partial charge on any atom is 0.310 e. The second-order valence-electron chi connectivity index (χ2n) is 12.7.